The molecule has 0 unspecified atom stereocenters. The zero-order valence-corrected chi connectivity index (χ0v) is 16.2. The molecule has 2 aromatic carbocycles. The molecule has 0 spiro atoms. The minimum Gasteiger partial charge on any atom is -0.345 e. The van der Waals surface area contributed by atoms with Crippen molar-refractivity contribution in [2.24, 2.45) is 0 Å². The molecule has 0 fully saturated rings. The minimum absolute atomic E-state index is 0.0255. The number of nitrogens with zero attached hydrogens (tertiary/aromatic N) is 2. The Morgan fingerprint density at radius 3 is 2.59 bits per heavy atom. The van der Waals surface area contributed by atoms with Crippen molar-refractivity contribution in [2.75, 3.05) is 0 Å². The van der Waals surface area contributed by atoms with E-state index in [2.05, 4.69) is 31.4 Å². The first kappa shape index (κ1) is 18.6. The third kappa shape index (κ3) is 4.52. The fourth-order valence-electron chi connectivity index (χ4n) is 2.66. The fraction of sp³-hybridized carbons (Fsp3) is 0.0952. The monoisotopic (exact) mass is 420 g/mol. The lowest BCUT2D eigenvalue weighted by molar-refractivity contribution is -0.117. The van der Waals surface area contributed by atoms with E-state index in [1.54, 1.807) is 12.3 Å². The van der Waals surface area contributed by atoms with Gasteiger partial charge in [0, 0.05) is 15.6 Å². The smallest absolute Gasteiger partial charge is 0.262 e. The quantitative estimate of drug-likeness (QED) is 0.466. The average molecular weight is 421 g/mol. The van der Waals surface area contributed by atoms with Crippen LogP contribution in [0, 0.1) is 11.3 Å². The summed E-state index contributed by atoms with van der Waals surface area (Å²) in [6, 6.07) is 19.1. The van der Waals surface area contributed by atoms with Crippen LogP contribution < -0.4 is 5.32 Å². The van der Waals surface area contributed by atoms with Crippen molar-refractivity contribution in [1.29, 1.82) is 5.26 Å². The minimum atomic E-state index is -0.420. The van der Waals surface area contributed by atoms with E-state index in [0.717, 1.165) is 21.3 Å². The van der Waals surface area contributed by atoms with E-state index in [-0.39, 0.29) is 11.6 Å². The molecule has 0 saturated heterocycles. The molecule has 2 N–H and O–H groups in total. The van der Waals surface area contributed by atoms with E-state index in [0.29, 0.717) is 5.56 Å². The number of halogens is 1. The normalized spacial score (nSPS) is 12.3. The number of carbonyl (C=O) groups excluding carboxylic acids is 1. The topological polar surface area (TPSA) is 81.6 Å². The van der Waals surface area contributed by atoms with E-state index in [1.807, 2.05) is 67.6 Å². The van der Waals surface area contributed by atoms with Crippen LogP contribution in [-0.2, 0) is 4.79 Å². The van der Waals surface area contributed by atoms with Gasteiger partial charge in [0.15, 0.2) is 0 Å². The fourth-order valence-corrected chi connectivity index (χ4v) is 2.92. The molecule has 1 aromatic heterocycles. The standard InChI is InChI=1S/C21H17BrN4O/c1-14(15-5-3-2-4-6-15)25-21(27)17(12-23)11-18-13-24-26-20(18)16-7-9-19(22)10-8-16/h2-11,13-14H,1H3,(H,24,26)(H,25,27)/b17-11-/t14-/m0/s1. The first-order chi connectivity index (χ1) is 13.1. The van der Waals surface area contributed by atoms with Gasteiger partial charge in [-0.15, -0.1) is 0 Å². The van der Waals surface area contributed by atoms with Gasteiger partial charge in [0.05, 0.1) is 17.9 Å². The van der Waals surface area contributed by atoms with Crippen molar-refractivity contribution in [2.45, 2.75) is 13.0 Å². The molecule has 0 aliphatic heterocycles. The van der Waals surface area contributed by atoms with E-state index < -0.39 is 5.91 Å². The summed E-state index contributed by atoms with van der Waals surface area (Å²) >= 11 is 3.41. The van der Waals surface area contributed by atoms with Crippen LogP contribution in [0.3, 0.4) is 0 Å². The average Bonchev–Trinajstić information content (AvgIpc) is 3.15. The number of nitriles is 1. The van der Waals surface area contributed by atoms with Gasteiger partial charge in [-0.1, -0.05) is 58.4 Å². The van der Waals surface area contributed by atoms with E-state index in [4.69, 9.17) is 0 Å². The number of H-pyrrole nitrogens is 1. The molecule has 1 atom stereocenters. The Morgan fingerprint density at radius 1 is 1.22 bits per heavy atom. The molecule has 1 heterocycles. The maximum absolute atomic E-state index is 12.5. The number of hydrogen-bond donors (Lipinski definition) is 2. The van der Waals surface area contributed by atoms with Crippen molar-refractivity contribution in [3.8, 4) is 17.3 Å². The largest absolute Gasteiger partial charge is 0.345 e. The molecule has 0 radical (unpaired) electrons. The summed E-state index contributed by atoms with van der Waals surface area (Å²) < 4.78 is 0.967. The van der Waals surface area contributed by atoms with Crippen LogP contribution in [0.5, 0.6) is 0 Å². The zero-order valence-electron chi connectivity index (χ0n) is 14.6. The van der Waals surface area contributed by atoms with Gasteiger partial charge in [-0.25, -0.2) is 0 Å². The highest BCUT2D eigenvalue weighted by atomic mass is 79.9. The second-order valence-electron chi connectivity index (χ2n) is 5.98. The molecule has 0 bridgehead atoms. The van der Waals surface area contributed by atoms with Crippen LogP contribution in [0.15, 0.2) is 70.8 Å². The number of benzene rings is 2. The zero-order chi connectivity index (χ0) is 19.2. The van der Waals surface area contributed by atoms with Crippen LogP contribution in [-0.4, -0.2) is 16.1 Å². The summed E-state index contributed by atoms with van der Waals surface area (Å²) in [5.74, 6) is -0.420. The molecular weight excluding hydrogens is 404 g/mol. The van der Waals surface area contributed by atoms with Gasteiger partial charge in [0.1, 0.15) is 11.6 Å². The summed E-state index contributed by atoms with van der Waals surface area (Å²) in [4.78, 5) is 12.5. The van der Waals surface area contributed by atoms with Crippen molar-refractivity contribution in [3.05, 3.63) is 82.0 Å². The molecule has 27 heavy (non-hydrogen) atoms. The highest BCUT2D eigenvalue weighted by Crippen LogP contribution is 2.25. The second kappa shape index (κ2) is 8.47. The van der Waals surface area contributed by atoms with Crippen molar-refractivity contribution in [3.63, 3.8) is 0 Å². The summed E-state index contributed by atoms with van der Waals surface area (Å²) in [6.45, 7) is 1.88. The highest BCUT2D eigenvalue weighted by molar-refractivity contribution is 9.10. The summed E-state index contributed by atoms with van der Waals surface area (Å²) in [5, 5.41) is 19.3. The van der Waals surface area contributed by atoms with Gasteiger partial charge >= 0.3 is 0 Å². The Hall–Kier alpha value is -3.17. The Morgan fingerprint density at radius 2 is 1.93 bits per heavy atom. The van der Waals surface area contributed by atoms with E-state index in [1.165, 1.54) is 0 Å². The highest BCUT2D eigenvalue weighted by Gasteiger charge is 2.15. The van der Waals surface area contributed by atoms with E-state index in [9.17, 15) is 10.1 Å². The molecule has 0 aliphatic rings. The van der Waals surface area contributed by atoms with Crippen molar-refractivity contribution < 1.29 is 4.79 Å². The van der Waals surface area contributed by atoms with Crippen LogP contribution in [0.25, 0.3) is 17.3 Å². The molecule has 134 valence electrons. The predicted octanol–water partition coefficient (Wildman–Crippen LogP) is 4.62. The first-order valence-corrected chi connectivity index (χ1v) is 9.14. The van der Waals surface area contributed by atoms with Gasteiger partial charge in [-0.05, 0) is 30.7 Å². The predicted molar refractivity (Wildman–Crippen MR) is 108 cm³/mol. The number of carbonyl (C=O) groups is 1. The van der Waals surface area contributed by atoms with E-state index >= 15 is 0 Å². The first-order valence-electron chi connectivity index (χ1n) is 8.35. The molecule has 3 aromatic rings. The Labute approximate surface area is 165 Å². The summed E-state index contributed by atoms with van der Waals surface area (Å²) in [6.07, 6.45) is 3.15. The van der Waals surface area contributed by atoms with Crippen LogP contribution in [0.1, 0.15) is 24.1 Å². The SMILES string of the molecule is C[C@H](NC(=O)/C(C#N)=C\c1cn[nH]c1-c1ccc(Br)cc1)c1ccccc1. The summed E-state index contributed by atoms with van der Waals surface area (Å²) in [5.41, 5.74) is 3.34. The van der Waals surface area contributed by atoms with Gasteiger partial charge < -0.3 is 5.32 Å². The maximum atomic E-state index is 12.5. The number of aromatic amines is 1. The summed E-state index contributed by atoms with van der Waals surface area (Å²) in [7, 11) is 0. The maximum Gasteiger partial charge on any atom is 0.262 e. The van der Waals surface area contributed by atoms with Gasteiger partial charge in [-0.2, -0.15) is 10.4 Å². The number of hydrogen-bond acceptors (Lipinski definition) is 3. The Kier molecular flexibility index (Phi) is 5.84. The van der Waals surface area contributed by atoms with Gasteiger partial charge in [0.2, 0.25) is 0 Å². The Balaban J connectivity index is 1.83. The van der Waals surface area contributed by atoms with Gasteiger partial charge in [0.25, 0.3) is 5.91 Å². The van der Waals surface area contributed by atoms with Crippen LogP contribution in [0.2, 0.25) is 0 Å². The lowest BCUT2D eigenvalue weighted by Crippen LogP contribution is -2.27. The lowest BCUT2D eigenvalue weighted by Gasteiger charge is -2.13. The molecule has 1 amide bonds. The number of aromatic nitrogens is 2. The molecule has 0 saturated carbocycles. The molecule has 5 nitrogen and oxygen atoms in total. The number of amides is 1. The molecule has 3 rings (SSSR count). The van der Waals surface area contributed by atoms with Crippen molar-refractivity contribution in [1.82, 2.24) is 15.5 Å². The second-order valence-corrected chi connectivity index (χ2v) is 6.90. The number of nitrogens with one attached hydrogen (secondary N) is 2. The molecule has 0 aliphatic carbocycles. The number of rotatable bonds is 5. The molecular formula is C21H17BrN4O. The third-order valence-corrected chi connectivity index (χ3v) is 4.64. The molecule has 6 heteroatoms. The lowest BCUT2D eigenvalue weighted by atomic mass is 10.1. The van der Waals surface area contributed by atoms with Crippen molar-refractivity contribution >= 4 is 27.9 Å². The van der Waals surface area contributed by atoms with Crippen LogP contribution >= 0.6 is 15.9 Å². The van der Waals surface area contributed by atoms with Crippen LogP contribution in [0.4, 0.5) is 0 Å². The Bertz CT molecular complexity index is 1000. The third-order valence-electron chi connectivity index (χ3n) is 4.11. The van der Waals surface area contributed by atoms with Gasteiger partial charge in [-0.3, -0.25) is 9.89 Å².